The molecule has 1 nitrogen and oxygen atoms in total. The molecule has 0 spiro atoms. The maximum atomic E-state index is 6.29. The van der Waals surface area contributed by atoms with E-state index in [0.29, 0.717) is 20.1 Å². The molecule has 0 saturated heterocycles. The van der Waals surface area contributed by atoms with E-state index < -0.39 is 0 Å². The highest BCUT2D eigenvalue weighted by Gasteiger charge is 2.10. The largest absolute Gasteiger partial charge is 0.236 e. The van der Waals surface area contributed by atoms with E-state index in [1.54, 1.807) is 29.5 Å². The van der Waals surface area contributed by atoms with Gasteiger partial charge >= 0.3 is 0 Å². The summed E-state index contributed by atoms with van der Waals surface area (Å²) in [4.78, 5) is 4.73. The van der Waals surface area contributed by atoms with E-state index >= 15 is 0 Å². The number of hydrogen-bond donors (Lipinski definition) is 0. The van der Waals surface area contributed by atoms with Gasteiger partial charge in [0, 0.05) is 32.1 Å². The summed E-state index contributed by atoms with van der Waals surface area (Å²) in [7, 11) is 0. The van der Waals surface area contributed by atoms with Crippen molar-refractivity contribution in [2.75, 3.05) is 0 Å². The fourth-order valence-electron chi connectivity index (χ4n) is 2.71. The molecule has 0 bridgehead atoms. The second-order valence-electron chi connectivity index (χ2n) is 5.87. The van der Waals surface area contributed by atoms with Crippen LogP contribution in [0.25, 0.3) is 33.0 Å². The molecule has 4 aromatic rings. The Bertz CT molecular complexity index is 1120. The molecule has 0 aliphatic rings. The second-order valence-corrected chi connectivity index (χ2v) is 8.38. The van der Waals surface area contributed by atoms with Crippen molar-refractivity contribution >= 4 is 57.7 Å². The van der Waals surface area contributed by atoms with Gasteiger partial charge in [-0.1, -0.05) is 76.7 Å². The zero-order valence-corrected chi connectivity index (χ0v) is 17.6. The van der Waals surface area contributed by atoms with Gasteiger partial charge in [-0.2, -0.15) is 0 Å². The standard InChI is InChI=1S/C21H11Cl4NS/c22-15-6-8-17(23)16(10-15)12-1-3-13(4-2-12)21-26-20(11-27-21)14-5-7-18(24)19(25)9-14/h1-11H. The Morgan fingerprint density at radius 2 is 1.30 bits per heavy atom. The van der Waals surface area contributed by atoms with Gasteiger partial charge in [0.1, 0.15) is 5.01 Å². The topological polar surface area (TPSA) is 12.9 Å². The molecule has 0 aliphatic heterocycles. The molecule has 0 N–H and O–H groups in total. The van der Waals surface area contributed by atoms with Gasteiger partial charge in [0.05, 0.1) is 15.7 Å². The summed E-state index contributed by atoms with van der Waals surface area (Å²) in [6.07, 6.45) is 0. The van der Waals surface area contributed by atoms with Gasteiger partial charge in [-0.25, -0.2) is 4.98 Å². The number of nitrogens with zero attached hydrogens (tertiary/aromatic N) is 1. The van der Waals surface area contributed by atoms with Crippen molar-refractivity contribution < 1.29 is 0 Å². The van der Waals surface area contributed by atoms with Gasteiger partial charge in [0.15, 0.2) is 0 Å². The van der Waals surface area contributed by atoms with Crippen LogP contribution in [0.2, 0.25) is 20.1 Å². The smallest absolute Gasteiger partial charge is 0.124 e. The van der Waals surface area contributed by atoms with Crippen molar-refractivity contribution in [3.05, 3.63) is 86.1 Å². The first-order valence-electron chi connectivity index (χ1n) is 7.98. The SMILES string of the molecule is Clc1ccc(Cl)c(-c2ccc(-c3nc(-c4ccc(Cl)c(Cl)c4)cs3)cc2)c1. The van der Waals surface area contributed by atoms with Crippen molar-refractivity contribution in [3.8, 4) is 33.0 Å². The van der Waals surface area contributed by atoms with Crippen LogP contribution in [0.1, 0.15) is 0 Å². The Balaban J connectivity index is 1.64. The highest BCUT2D eigenvalue weighted by molar-refractivity contribution is 7.13. The van der Waals surface area contributed by atoms with Gasteiger partial charge in [0.2, 0.25) is 0 Å². The molecule has 0 radical (unpaired) electrons. The molecule has 6 heteroatoms. The Morgan fingerprint density at radius 3 is 2.04 bits per heavy atom. The Labute approximate surface area is 181 Å². The van der Waals surface area contributed by atoms with Gasteiger partial charge < -0.3 is 0 Å². The van der Waals surface area contributed by atoms with E-state index in [0.717, 1.165) is 33.0 Å². The molecule has 134 valence electrons. The van der Waals surface area contributed by atoms with Crippen LogP contribution < -0.4 is 0 Å². The quantitative estimate of drug-likeness (QED) is 0.304. The van der Waals surface area contributed by atoms with Gasteiger partial charge in [-0.15, -0.1) is 11.3 Å². The Morgan fingerprint density at radius 1 is 0.630 bits per heavy atom. The predicted octanol–water partition coefficient (Wildman–Crippen LogP) is 8.76. The maximum Gasteiger partial charge on any atom is 0.124 e. The van der Waals surface area contributed by atoms with Crippen LogP contribution in [0.5, 0.6) is 0 Å². The molecule has 1 heterocycles. The average molecular weight is 451 g/mol. The lowest BCUT2D eigenvalue weighted by molar-refractivity contribution is 1.40. The van der Waals surface area contributed by atoms with E-state index in [2.05, 4.69) is 0 Å². The van der Waals surface area contributed by atoms with Crippen molar-refractivity contribution in [2.24, 2.45) is 0 Å². The first-order chi connectivity index (χ1) is 13.0. The summed E-state index contributed by atoms with van der Waals surface area (Å²) < 4.78 is 0. The highest BCUT2D eigenvalue weighted by Crippen LogP contribution is 2.35. The molecule has 0 unspecified atom stereocenters. The van der Waals surface area contributed by atoms with Gasteiger partial charge in [-0.05, 0) is 35.9 Å². The lowest BCUT2D eigenvalue weighted by Crippen LogP contribution is -1.83. The van der Waals surface area contributed by atoms with Gasteiger partial charge in [-0.3, -0.25) is 0 Å². The monoisotopic (exact) mass is 449 g/mol. The minimum Gasteiger partial charge on any atom is -0.236 e. The molecule has 0 amide bonds. The summed E-state index contributed by atoms with van der Waals surface area (Å²) in [5.74, 6) is 0. The number of thiazole rings is 1. The van der Waals surface area contributed by atoms with Crippen LogP contribution in [-0.2, 0) is 0 Å². The fourth-order valence-corrected chi connectivity index (χ4v) is 4.24. The summed E-state index contributed by atoms with van der Waals surface area (Å²) in [5, 5.41) is 5.32. The first-order valence-corrected chi connectivity index (χ1v) is 10.4. The normalized spacial score (nSPS) is 11.0. The number of rotatable bonds is 3. The van der Waals surface area contributed by atoms with Crippen molar-refractivity contribution in [2.45, 2.75) is 0 Å². The van der Waals surface area contributed by atoms with E-state index in [-0.39, 0.29) is 0 Å². The number of aromatic nitrogens is 1. The molecule has 0 saturated carbocycles. The van der Waals surface area contributed by atoms with E-state index in [9.17, 15) is 0 Å². The molecule has 27 heavy (non-hydrogen) atoms. The second kappa shape index (κ2) is 7.83. The Hall–Kier alpha value is -1.55. The third-order valence-corrected chi connectivity index (χ3v) is 6.29. The maximum absolute atomic E-state index is 6.29. The highest BCUT2D eigenvalue weighted by atomic mass is 35.5. The van der Waals surface area contributed by atoms with Crippen LogP contribution in [0.4, 0.5) is 0 Å². The van der Waals surface area contributed by atoms with Crippen molar-refractivity contribution in [1.82, 2.24) is 4.98 Å². The first kappa shape index (κ1) is 18.8. The number of hydrogen-bond acceptors (Lipinski definition) is 2. The zero-order valence-electron chi connectivity index (χ0n) is 13.7. The zero-order chi connectivity index (χ0) is 19.0. The van der Waals surface area contributed by atoms with E-state index in [1.807, 2.05) is 47.8 Å². The molecular weight excluding hydrogens is 440 g/mol. The summed E-state index contributed by atoms with van der Waals surface area (Å²) in [5.41, 5.74) is 4.76. The fraction of sp³-hybridized carbons (Fsp3) is 0. The number of benzene rings is 3. The molecule has 1 aromatic heterocycles. The van der Waals surface area contributed by atoms with Crippen LogP contribution in [0, 0.1) is 0 Å². The molecule has 4 rings (SSSR count). The van der Waals surface area contributed by atoms with Crippen LogP contribution in [0.15, 0.2) is 66.0 Å². The third kappa shape index (κ3) is 4.01. The summed E-state index contributed by atoms with van der Waals surface area (Å²) >= 11 is 26.1. The van der Waals surface area contributed by atoms with Gasteiger partial charge in [0.25, 0.3) is 0 Å². The van der Waals surface area contributed by atoms with Crippen LogP contribution >= 0.6 is 57.7 Å². The summed E-state index contributed by atoms with van der Waals surface area (Å²) in [6.45, 7) is 0. The molecule has 3 aromatic carbocycles. The van der Waals surface area contributed by atoms with Crippen LogP contribution in [-0.4, -0.2) is 4.98 Å². The van der Waals surface area contributed by atoms with Crippen molar-refractivity contribution in [3.63, 3.8) is 0 Å². The summed E-state index contributed by atoms with van der Waals surface area (Å²) in [6, 6.07) is 19.1. The lowest BCUT2D eigenvalue weighted by Gasteiger charge is -2.06. The minimum absolute atomic E-state index is 0.520. The Kier molecular flexibility index (Phi) is 5.45. The minimum atomic E-state index is 0.520. The van der Waals surface area contributed by atoms with Crippen LogP contribution in [0.3, 0.4) is 0 Å². The average Bonchev–Trinajstić information content (AvgIpc) is 3.16. The van der Waals surface area contributed by atoms with E-state index in [4.69, 9.17) is 51.4 Å². The molecular formula is C21H11Cl4NS. The molecule has 0 aliphatic carbocycles. The lowest BCUT2D eigenvalue weighted by atomic mass is 10.0. The molecule has 0 fully saturated rings. The van der Waals surface area contributed by atoms with Crippen molar-refractivity contribution in [1.29, 1.82) is 0 Å². The number of halogens is 4. The molecule has 0 atom stereocenters. The predicted molar refractivity (Wildman–Crippen MR) is 118 cm³/mol. The van der Waals surface area contributed by atoms with E-state index in [1.165, 1.54) is 0 Å². The third-order valence-electron chi connectivity index (χ3n) is 4.09.